The van der Waals surface area contributed by atoms with Crippen LogP contribution in [0.25, 0.3) is 28.3 Å². The molecule has 1 aliphatic rings. The number of aromatic nitrogens is 3. The lowest BCUT2D eigenvalue weighted by atomic mass is 9.73. The molecule has 0 unspecified atom stereocenters. The minimum atomic E-state index is -0.953. The van der Waals surface area contributed by atoms with E-state index in [9.17, 15) is 4.79 Å². The molecule has 2 aromatic carbocycles. The summed E-state index contributed by atoms with van der Waals surface area (Å²) in [6, 6.07) is 20.8. The molecule has 4 aromatic rings. The van der Waals surface area contributed by atoms with Crippen molar-refractivity contribution in [1.29, 1.82) is 0 Å². The highest BCUT2D eigenvalue weighted by Crippen LogP contribution is 2.45. The quantitative estimate of drug-likeness (QED) is 0.303. The molecule has 35 heavy (non-hydrogen) atoms. The number of hydrogen-bond donors (Lipinski definition) is 2. The fraction of sp³-hybridized carbons (Fsp3) is 0.167. The topological polar surface area (TPSA) is 78.9 Å². The Morgan fingerprint density at radius 3 is 2.29 bits per heavy atom. The molecule has 1 saturated carbocycles. The Labute approximate surface area is 204 Å². The highest BCUT2D eigenvalue weighted by Gasteiger charge is 2.28. The van der Waals surface area contributed by atoms with Gasteiger partial charge in [-0.15, -0.1) is 0 Å². The molecule has 1 fully saturated rings. The van der Waals surface area contributed by atoms with Crippen molar-refractivity contribution >= 4 is 23.2 Å². The number of benzene rings is 2. The van der Waals surface area contributed by atoms with Crippen molar-refractivity contribution in [3.05, 3.63) is 113 Å². The van der Waals surface area contributed by atoms with Crippen LogP contribution in [-0.2, 0) is 4.79 Å². The molecule has 5 rings (SSSR count). The van der Waals surface area contributed by atoms with Crippen LogP contribution >= 0.6 is 0 Å². The van der Waals surface area contributed by atoms with Crippen molar-refractivity contribution in [2.45, 2.75) is 26.2 Å². The van der Waals surface area contributed by atoms with E-state index < -0.39 is 5.97 Å². The van der Waals surface area contributed by atoms with Crippen molar-refractivity contribution in [1.82, 2.24) is 15.2 Å². The number of nitrogens with zero attached hydrogens (tertiary/aromatic N) is 2. The minimum Gasteiger partial charge on any atom is -0.478 e. The lowest BCUT2D eigenvalue weighted by Gasteiger charge is -2.31. The number of hydrogen-bond acceptors (Lipinski definition) is 3. The van der Waals surface area contributed by atoms with Gasteiger partial charge in [0, 0.05) is 24.0 Å². The first-order valence-corrected chi connectivity index (χ1v) is 11.9. The van der Waals surface area contributed by atoms with Crippen LogP contribution in [0.3, 0.4) is 0 Å². The molecule has 2 N–H and O–H groups in total. The minimum absolute atomic E-state index is 0.457. The first-order chi connectivity index (χ1) is 17.1. The zero-order chi connectivity index (χ0) is 24.2. The van der Waals surface area contributed by atoms with Crippen LogP contribution in [0.1, 0.15) is 47.2 Å². The van der Waals surface area contributed by atoms with E-state index in [0.717, 1.165) is 52.4 Å². The largest absolute Gasteiger partial charge is 0.478 e. The Morgan fingerprint density at radius 2 is 1.71 bits per heavy atom. The second-order valence-electron chi connectivity index (χ2n) is 8.94. The van der Waals surface area contributed by atoms with Crippen LogP contribution in [0.2, 0.25) is 0 Å². The van der Waals surface area contributed by atoms with Crippen LogP contribution in [0, 0.1) is 12.8 Å². The molecule has 0 amide bonds. The van der Waals surface area contributed by atoms with Gasteiger partial charge in [0.1, 0.15) is 0 Å². The van der Waals surface area contributed by atoms with E-state index in [1.54, 1.807) is 6.08 Å². The number of rotatable bonds is 7. The third-order valence-electron chi connectivity index (χ3n) is 6.67. The molecule has 0 saturated heterocycles. The highest BCUT2D eigenvalue weighted by molar-refractivity contribution is 5.99. The third kappa shape index (κ3) is 4.85. The normalized spacial score (nSPS) is 14.5. The molecular weight excluding hydrogens is 434 g/mol. The molecule has 0 atom stereocenters. The number of H-pyrrole nitrogens is 1. The maximum Gasteiger partial charge on any atom is 0.328 e. The van der Waals surface area contributed by atoms with Gasteiger partial charge >= 0.3 is 5.97 Å². The number of allylic oxidation sites excluding steroid dienone is 1. The summed E-state index contributed by atoms with van der Waals surface area (Å²) in [4.78, 5) is 15.8. The number of carboxylic acid groups (broad SMARTS) is 1. The molecule has 0 bridgehead atoms. The van der Waals surface area contributed by atoms with Crippen LogP contribution in [0.15, 0.2) is 85.3 Å². The van der Waals surface area contributed by atoms with Gasteiger partial charge < -0.3 is 5.11 Å². The van der Waals surface area contributed by atoms with Crippen molar-refractivity contribution in [3.8, 4) is 11.1 Å². The smallest absolute Gasteiger partial charge is 0.328 e. The predicted octanol–water partition coefficient (Wildman–Crippen LogP) is 6.64. The summed E-state index contributed by atoms with van der Waals surface area (Å²) in [5.74, 6) is -0.496. The number of carboxylic acids is 1. The van der Waals surface area contributed by atoms with Crippen LogP contribution in [0.4, 0.5) is 0 Å². The number of aryl methyl sites for hydroxylation is 1. The van der Waals surface area contributed by atoms with Gasteiger partial charge in [0.25, 0.3) is 0 Å². The summed E-state index contributed by atoms with van der Waals surface area (Å²) in [6.45, 7) is 2.13. The predicted molar refractivity (Wildman–Crippen MR) is 139 cm³/mol. The summed E-state index contributed by atoms with van der Waals surface area (Å²) in [7, 11) is 0. The molecule has 5 heteroatoms. The average molecular weight is 462 g/mol. The monoisotopic (exact) mass is 461 g/mol. The number of aliphatic carboxylic acids is 1. The fourth-order valence-corrected chi connectivity index (χ4v) is 4.62. The van der Waals surface area contributed by atoms with E-state index in [0.29, 0.717) is 5.92 Å². The van der Waals surface area contributed by atoms with Gasteiger partial charge in [0.15, 0.2) is 0 Å². The van der Waals surface area contributed by atoms with Crippen molar-refractivity contribution < 1.29 is 9.90 Å². The van der Waals surface area contributed by atoms with E-state index in [-0.39, 0.29) is 0 Å². The van der Waals surface area contributed by atoms with Gasteiger partial charge in [-0.05, 0) is 76.8 Å². The Kier molecular flexibility index (Phi) is 6.40. The number of aromatic amines is 1. The number of carbonyl (C=O) groups is 1. The molecule has 0 aliphatic heterocycles. The van der Waals surface area contributed by atoms with Gasteiger partial charge in [-0.2, -0.15) is 5.10 Å². The molecule has 2 aromatic heterocycles. The number of pyridine rings is 1. The van der Waals surface area contributed by atoms with Gasteiger partial charge in [-0.1, -0.05) is 61.0 Å². The maximum atomic E-state index is 10.9. The van der Waals surface area contributed by atoms with E-state index in [1.165, 1.54) is 23.1 Å². The number of nitrogens with one attached hydrogen (secondary N) is 1. The van der Waals surface area contributed by atoms with E-state index in [2.05, 4.69) is 59.6 Å². The molecule has 2 heterocycles. The van der Waals surface area contributed by atoms with Crippen molar-refractivity contribution in [3.63, 3.8) is 0 Å². The Hall–Kier alpha value is -4.25. The summed E-state index contributed by atoms with van der Waals surface area (Å²) < 4.78 is 0. The van der Waals surface area contributed by atoms with Crippen molar-refractivity contribution in [2.24, 2.45) is 5.92 Å². The highest BCUT2D eigenvalue weighted by atomic mass is 16.4. The maximum absolute atomic E-state index is 10.9. The summed E-state index contributed by atoms with van der Waals surface area (Å²) in [5.41, 5.74) is 9.95. The van der Waals surface area contributed by atoms with Gasteiger partial charge in [-0.3, -0.25) is 10.1 Å². The molecule has 174 valence electrons. The lowest BCUT2D eigenvalue weighted by Crippen LogP contribution is -2.16. The van der Waals surface area contributed by atoms with E-state index in [1.807, 2.05) is 36.8 Å². The zero-order valence-corrected chi connectivity index (χ0v) is 19.6. The summed E-state index contributed by atoms with van der Waals surface area (Å²) in [6.07, 6.45) is 11.9. The first-order valence-electron chi connectivity index (χ1n) is 11.9. The average Bonchev–Trinajstić information content (AvgIpc) is 3.38. The lowest BCUT2D eigenvalue weighted by molar-refractivity contribution is -0.131. The van der Waals surface area contributed by atoms with Crippen LogP contribution in [-0.4, -0.2) is 26.3 Å². The Morgan fingerprint density at radius 1 is 1.00 bits per heavy atom. The third-order valence-corrected chi connectivity index (χ3v) is 6.67. The Bertz CT molecular complexity index is 1380. The molecule has 5 nitrogen and oxygen atoms in total. The van der Waals surface area contributed by atoms with Gasteiger partial charge in [0.2, 0.25) is 0 Å². The zero-order valence-electron chi connectivity index (χ0n) is 19.6. The van der Waals surface area contributed by atoms with Crippen LogP contribution < -0.4 is 0 Å². The molecule has 1 aliphatic carbocycles. The molecule has 0 spiro atoms. The van der Waals surface area contributed by atoms with E-state index in [4.69, 9.17) is 10.1 Å². The molecule has 0 radical (unpaired) electrons. The summed E-state index contributed by atoms with van der Waals surface area (Å²) >= 11 is 0. The van der Waals surface area contributed by atoms with Gasteiger partial charge in [-0.25, -0.2) is 4.79 Å². The summed E-state index contributed by atoms with van der Waals surface area (Å²) in [5, 5.41) is 15.9. The fourth-order valence-electron chi connectivity index (χ4n) is 4.62. The second-order valence-corrected chi connectivity index (χ2v) is 8.94. The van der Waals surface area contributed by atoms with E-state index >= 15 is 0 Å². The standard InChI is InChI=1S/C30H27N3O2/c1-20-4-3-17-31-30(20)29(23-5-2-6-23)28(24-10-7-21(8-11-24)9-16-27(34)35)25-14-12-22(13-15-25)26-18-32-33-19-26/h3-4,7-19,23H,2,5-6H2,1H3,(H,32,33)(H,34,35). The second kappa shape index (κ2) is 9.94. The van der Waals surface area contributed by atoms with Crippen LogP contribution in [0.5, 0.6) is 0 Å². The van der Waals surface area contributed by atoms with Crippen molar-refractivity contribution in [2.75, 3.05) is 0 Å². The Balaban J connectivity index is 1.68. The SMILES string of the molecule is Cc1cccnc1C(=C(c1ccc(C=CC(=O)O)cc1)c1ccc(-c2cn[nH]c2)cc1)C1CCC1. The van der Waals surface area contributed by atoms with Gasteiger partial charge in [0.05, 0.1) is 11.9 Å². The molecular formula is C30H27N3O2. The first kappa shape index (κ1) is 22.5.